The Morgan fingerprint density at radius 3 is 2.68 bits per heavy atom. The third kappa shape index (κ3) is 4.58. The van der Waals surface area contributed by atoms with Crippen LogP contribution in [0.5, 0.6) is 11.5 Å². The Morgan fingerprint density at radius 2 is 1.93 bits per heavy atom. The molecular weight excluding hydrogens is 402 g/mol. The number of hydrogen-bond acceptors (Lipinski definition) is 7. The summed E-state index contributed by atoms with van der Waals surface area (Å²) in [5.74, 6) is 1.31. The predicted octanol–water partition coefficient (Wildman–Crippen LogP) is 4.45. The van der Waals surface area contributed by atoms with Crippen molar-refractivity contribution in [1.82, 2.24) is 10.2 Å². The second kappa shape index (κ2) is 8.99. The van der Waals surface area contributed by atoms with Crippen LogP contribution in [-0.4, -0.2) is 36.1 Å². The highest BCUT2D eigenvalue weighted by Crippen LogP contribution is 2.32. The third-order valence-electron chi connectivity index (χ3n) is 3.83. The summed E-state index contributed by atoms with van der Waals surface area (Å²) >= 11 is 7.22. The quantitative estimate of drug-likeness (QED) is 0.566. The van der Waals surface area contributed by atoms with Crippen molar-refractivity contribution in [3.8, 4) is 23.0 Å². The molecule has 146 valence electrons. The number of anilines is 1. The lowest BCUT2D eigenvalue weighted by atomic mass is 10.2. The van der Waals surface area contributed by atoms with Gasteiger partial charge in [0.05, 0.1) is 31.2 Å². The molecule has 0 aliphatic rings. The minimum Gasteiger partial charge on any atom is -0.496 e. The van der Waals surface area contributed by atoms with Gasteiger partial charge in [-0.1, -0.05) is 35.5 Å². The summed E-state index contributed by atoms with van der Waals surface area (Å²) in [5.41, 5.74) is 2.08. The van der Waals surface area contributed by atoms with Crippen LogP contribution in [0.2, 0.25) is 5.02 Å². The fourth-order valence-corrected chi connectivity index (χ4v) is 3.16. The molecule has 9 heteroatoms. The first-order chi connectivity index (χ1) is 13.5. The third-order valence-corrected chi connectivity index (χ3v) is 5.05. The van der Waals surface area contributed by atoms with Crippen LogP contribution in [0.25, 0.3) is 11.5 Å². The van der Waals surface area contributed by atoms with Gasteiger partial charge in [0.2, 0.25) is 5.91 Å². The van der Waals surface area contributed by atoms with Gasteiger partial charge in [0.15, 0.2) is 0 Å². The summed E-state index contributed by atoms with van der Waals surface area (Å²) in [5, 5.41) is 11.7. The standard InChI is InChI=1S/C19H18ClN3O4S/c1-11-8-14(16(26-3)9-13(11)20)21-17(24)10-28-19-23-22-18(27-19)12-6-4-5-7-15(12)25-2/h4-9H,10H2,1-3H3,(H,21,24). The summed E-state index contributed by atoms with van der Waals surface area (Å²) in [6.45, 7) is 1.85. The zero-order valence-corrected chi connectivity index (χ0v) is 17.1. The van der Waals surface area contributed by atoms with Crippen molar-refractivity contribution in [2.45, 2.75) is 12.1 Å². The van der Waals surface area contributed by atoms with Gasteiger partial charge in [-0.3, -0.25) is 4.79 Å². The van der Waals surface area contributed by atoms with Crippen molar-refractivity contribution in [2.75, 3.05) is 25.3 Å². The molecule has 0 saturated heterocycles. The fourth-order valence-electron chi connectivity index (χ4n) is 2.44. The summed E-state index contributed by atoms with van der Waals surface area (Å²) in [7, 11) is 3.09. The number of halogens is 1. The molecular formula is C19H18ClN3O4S. The van der Waals surface area contributed by atoms with Gasteiger partial charge in [0.25, 0.3) is 11.1 Å². The van der Waals surface area contributed by atoms with Gasteiger partial charge in [-0.05, 0) is 30.7 Å². The first kappa shape index (κ1) is 20.0. The minimum atomic E-state index is -0.234. The molecule has 3 aromatic rings. The van der Waals surface area contributed by atoms with E-state index < -0.39 is 0 Å². The van der Waals surface area contributed by atoms with E-state index in [1.165, 1.54) is 7.11 Å². The van der Waals surface area contributed by atoms with Crippen molar-refractivity contribution in [3.63, 3.8) is 0 Å². The number of hydrogen-bond donors (Lipinski definition) is 1. The number of carbonyl (C=O) groups is 1. The van der Waals surface area contributed by atoms with E-state index in [1.54, 1.807) is 25.3 Å². The first-order valence-electron chi connectivity index (χ1n) is 8.25. The van der Waals surface area contributed by atoms with Crippen LogP contribution in [0, 0.1) is 6.92 Å². The number of rotatable bonds is 7. The largest absolute Gasteiger partial charge is 0.496 e. The fraction of sp³-hybridized carbons (Fsp3) is 0.211. The van der Waals surface area contributed by atoms with E-state index in [4.69, 9.17) is 25.5 Å². The maximum atomic E-state index is 12.3. The lowest BCUT2D eigenvalue weighted by Gasteiger charge is -2.11. The Hall–Kier alpha value is -2.71. The Bertz CT molecular complexity index is 993. The molecule has 0 aliphatic carbocycles. The Morgan fingerprint density at radius 1 is 1.18 bits per heavy atom. The minimum absolute atomic E-state index is 0.0956. The van der Waals surface area contributed by atoms with Crippen LogP contribution >= 0.6 is 23.4 Å². The second-order valence-electron chi connectivity index (χ2n) is 5.71. The van der Waals surface area contributed by atoms with E-state index in [0.717, 1.165) is 17.3 Å². The van der Waals surface area contributed by atoms with Crippen LogP contribution in [0.4, 0.5) is 5.69 Å². The van der Waals surface area contributed by atoms with Crippen molar-refractivity contribution in [2.24, 2.45) is 0 Å². The van der Waals surface area contributed by atoms with Crippen LogP contribution < -0.4 is 14.8 Å². The molecule has 0 aliphatic heterocycles. The number of aryl methyl sites for hydroxylation is 1. The molecule has 0 fully saturated rings. The molecule has 0 bridgehead atoms. The number of benzene rings is 2. The topological polar surface area (TPSA) is 86.5 Å². The number of para-hydroxylation sites is 1. The number of amides is 1. The van der Waals surface area contributed by atoms with Gasteiger partial charge in [-0.2, -0.15) is 0 Å². The molecule has 0 atom stereocenters. The van der Waals surface area contributed by atoms with Crippen LogP contribution in [0.1, 0.15) is 5.56 Å². The lowest BCUT2D eigenvalue weighted by Crippen LogP contribution is -2.15. The molecule has 1 N–H and O–H groups in total. The van der Waals surface area contributed by atoms with Crippen molar-refractivity contribution >= 4 is 35.0 Å². The number of aromatic nitrogens is 2. The second-order valence-corrected chi connectivity index (χ2v) is 7.05. The van der Waals surface area contributed by atoms with E-state index in [1.807, 2.05) is 25.1 Å². The van der Waals surface area contributed by atoms with Gasteiger partial charge in [-0.25, -0.2) is 0 Å². The number of methoxy groups -OCH3 is 2. The van der Waals surface area contributed by atoms with Crippen molar-refractivity contribution < 1.29 is 18.7 Å². The number of carbonyl (C=O) groups excluding carboxylic acids is 1. The summed E-state index contributed by atoms with van der Waals surface area (Å²) in [4.78, 5) is 12.3. The molecule has 7 nitrogen and oxygen atoms in total. The lowest BCUT2D eigenvalue weighted by molar-refractivity contribution is -0.113. The zero-order valence-electron chi connectivity index (χ0n) is 15.5. The highest BCUT2D eigenvalue weighted by molar-refractivity contribution is 7.99. The van der Waals surface area contributed by atoms with E-state index in [0.29, 0.717) is 33.7 Å². The highest BCUT2D eigenvalue weighted by Gasteiger charge is 2.15. The maximum absolute atomic E-state index is 12.3. The normalized spacial score (nSPS) is 10.6. The maximum Gasteiger partial charge on any atom is 0.277 e. The number of ether oxygens (including phenoxy) is 2. The average Bonchev–Trinajstić information content (AvgIpc) is 3.18. The van der Waals surface area contributed by atoms with E-state index in [-0.39, 0.29) is 16.9 Å². The average molecular weight is 420 g/mol. The van der Waals surface area contributed by atoms with Crippen molar-refractivity contribution in [1.29, 1.82) is 0 Å². The molecule has 28 heavy (non-hydrogen) atoms. The molecule has 0 unspecified atom stereocenters. The summed E-state index contributed by atoms with van der Waals surface area (Å²) < 4.78 is 16.2. The van der Waals surface area contributed by atoms with E-state index >= 15 is 0 Å². The molecule has 1 heterocycles. The molecule has 0 radical (unpaired) electrons. The zero-order chi connectivity index (χ0) is 20.1. The molecule has 1 aromatic heterocycles. The predicted molar refractivity (Wildman–Crippen MR) is 108 cm³/mol. The van der Waals surface area contributed by atoms with E-state index in [9.17, 15) is 4.79 Å². The van der Waals surface area contributed by atoms with Crippen molar-refractivity contribution in [3.05, 3.63) is 47.0 Å². The van der Waals surface area contributed by atoms with Gasteiger partial charge in [-0.15, -0.1) is 10.2 Å². The molecule has 0 spiro atoms. The van der Waals surface area contributed by atoms with Crippen LogP contribution in [0.3, 0.4) is 0 Å². The van der Waals surface area contributed by atoms with Crippen LogP contribution in [-0.2, 0) is 4.79 Å². The Kier molecular flexibility index (Phi) is 6.43. The Labute approximate surface area is 171 Å². The number of nitrogens with one attached hydrogen (secondary N) is 1. The smallest absolute Gasteiger partial charge is 0.277 e. The SMILES string of the molecule is COc1cc(Cl)c(C)cc1NC(=O)CSc1nnc(-c2ccccc2OC)o1. The monoisotopic (exact) mass is 419 g/mol. The van der Waals surface area contributed by atoms with Gasteiger partial charge in [0.1, 0.15) is 11.5 Å². The molecule has 3 rings (SSSR count). The highest BCUT2D eigenvalue weighted by atomic mass is 35.5. The van der Waals surface area contributed by atoms with E-state index in [2.05, 4.69) is 15.5 Å². The van der Waals surface area contributed by atoms with Gasteiger partial charge in [0, 0.05) is 11.1 Å². The van der Waals surface area contributed by atoms with Gasteiger partial charge >= 0.3 is 0 Å². The molecule has 2 aromatic carbocycles. The van der Waals surface area contributed by atoms with Crippen LogP contribution in [0.15, 0.2) is 46.0 Å². The number of nitrogens with zero attached hydrogens (tertiary/aromatic N) is 2. The van der Waals surface area contributed by atoms with Gasteiger partial charge < -0.3 is 19.2 Å². The molecule has 0 saturated carbocycles. The number of thioether (sulfide) groups is 1. The first-order valence-corrected chi connectivity index (χ1v) is 9.62. The summed E-state index contributed by atoms with van der Waals surface area (Å²) in [6.07, 6.45) is 0. The summed E-state index contributed by atoms with van der Waals surface area (Å²) in [6, 6.07) is 10.8. The Balaban J connectivity index is 1.65. The molecule has 1 amide bonds.